The number of hydrogen-bond acceptors (Lipinski definition) is 2. The molecule has 3 fully saturated rings. The first-order chi connectivity index (χ1) is 13.0. The van der Waals surface area contributed by atoms with Crippen molar-refractivity contribution in [2.75, 3.05) is 0 Å². The standard InChI is InChI=1S/C24H35FO2/c1-5-15(4)16-9-10-21(25)23(12-16)27-24(14(2)3)26-22-13-17-11-20(22)19-8-6-7-18(17)19/h9-10,12,14-15,17-20,22,24H,5-8,11,13H2,1-4H3. The van der Waals surface area contributed by atoms with Crippen LogP contribution in [0.2, 0.25) is 0 Å². The first kappa shape index (κ1) is 19.2. The maximum absolute atomic E-state index is 14.4. The van der Waals surface area contributed by atoms with Crippen molar-refractivity contribution in [3.8, 4) is 5.75 Å². The molecule has 3 saturated carbocycles. The minimum atomic E-state index is -0.379. The molecule has 1 aromatic carbocycles. The highest BCUT2D eigenvalue weighted by molar-refractivity contribution is 5.32. The van der Waals surface area contributed by atoms with E-state index in [2.05, 4.69) is 27.7 Å². The molecule has 7 atom stereocenters. The van der Waals surface area contributed by atoms with Crippen LogP contribution in [0.1, 0.15) is 77.7 Å². The molecule has 0 aromatic heterocycles. The van der Waals surface area contributed by atoms with Crippen molar-refractivity contribution in [2.24, 2.45) is 29.6 Å². The molecule has 150 valence electrons. The van der Waals surface area contributed by atoms with E-state index in [1.807, 2.05) is 12.1 Å². The van der Waals surface area contributed by atoms with Gasteiger partial charge in [-0.2, -0.15) is 0 Å². The highest BCUT2D eigenvalue weighted by Gasteiger charge is 2.54. The van der Waals surface area contributed by atoms with Crippen molar-refractivity contribution >= 4 is 0 Å². The molecular formula is C24H35FO2. The number of benzene rings is 1. The molecule has 0 aliphatic heterocycles. The van der Waals surface area contributed by atoms with Crippen molar-refractivity contribution in [3.63, 3.8) is 0 Å². The minimum Gasteiger partial charge on any atom is -0.462 e. The fourth-order valence-corrected chi connectivity index (χ4v) is 5.93. The van der Waals surface area contributed by atoms with Crippen LogP contribution in [0.3, 0.4) is 0 Å². The monoisotopic (exact) mass is 374 g/mol. The zero-order valence-electron chi connectivity index (χ0n) is 17.3. The van der Waals surface area contributed by atoms with Crippen molar-refractivity contribution in [2.45, 2.75) is 84.5 Å². The Kier molecular flexibility index (Phi) is 5.51. The van der Waals surface area contributed by atoms with Crippen LogP contribution in [0, 0.1) is 35.4 Å². The highest BCUT2D eigenvalue weighted by atomic mass is 19.1. The van der Waals surface area contributed by atoms with E-state index in [0.717, 1.165) is 29.7 Å². The van der Waals surface area contributed by atoms with Crippen LogP contribution in [0.15, 0.2) is 18.2 Å². The van der Waals surface area contributed by atoms with Crippen LogP contribution in [0.4, 0.5) is 4.39 Å². The summed E-state index contributed by atoms with van der Waals surface area (Å²) < 4.78 is 27.1. The summed E-state index contributed by atoms with van der Waals surface area (Å²) >= 11 is 0. The van der Waals surface area contributed by atoms with Gasteiger partial charge < -0.3 is 9.47 Å². The van der Waals surface area contributed by atoms with Gasteiger partial charge in [-0.1, -0.05) is 40.2 Å². The second kappa shape index (κ2) is 7.73. The third-order valence-electron chi connectivity index (χ3n) is 7.60. The van der Waals surface area contributed by atoms with Crippen molar-refractivity contribution in [1.82, 2.24) is 0 Å². The number of rotatable bonds is 7. The van der Waals surface area contributed by atoms with Crippen molar-refractivity contribution in [3.05, 3.63) is 29.6 Å². The third-order valence-corrected chi connectivity index (χ3v) is 7.60. The molecule has 7 unspecified atom stereocenters. The zero-order chi connectivity index (χ0) is 19.1. The fraction of sp³-hybridized carbons (Fsp3) is 0.750. The van der Waals surface area contributed by atoms with E-state index in [1.54, 1.807) is 0 Å². The number of hydrogen-bond donors (Lipinski definition) is 0. The van der Waals surface area contributed by atoms with Crippen LogP contribution in [-0.2, 0) is 4.74 Å². The Bertz CT molecular complexity index is 658. The molecule has 27 heavy (non-hydrogen) atoms. The van der Waals surface area contributed by atoms with Gasteiger partial charge in [0.1, 0.15) is 0 Å². The molecule has 4 rings (SSSR count). The summed E-state index contributed by atoms with van der Waals surface area (Å²) in [6.07, 6.45) is 7.66. The van der Waals surface area contributed by atoms with Crippen LogP contribution in [0.25, 0.3) is 0 Å². The molecule has 0 N–H and O–H groups in total. The van der Waals surface area contributed by atoms with E-state index in [4.69, 9.17) is 9.47 Å². The average molecular weight is 375 g/mol. The normalized spacial score (nSPS) is 34.1. The number of halogens is 1. The predicted octanol–water partition coefficient (Wildman–Crippen LogP) is 6.54. The number of ether oxygens (including phenoxy) is 2. The van der Waals surface area contributed by atoms with Gasteiger partial charge in [-0.25, -0.2) is 4.39 Å². The molecule has 0 spiro atoms. The molecule has 3 aliphatic carbocycles. The van der Waals surface area contributed by atoms with Crippen LogP contribution in [0.5, 0.6) is 5.75 Å². The van der Waals surface area contributed by atoms with Crippen molar-refractivity contribution in [1.29, 1.82) is 0 Å². The summed E-state index contributed by atoms with van der Waals surface area (Å²) in [6, 6.07) is 5.28. The van der Waals surface area contributed by atoms with Crippen LogP contribution < -0.4 is 4.74 Å². The molecule has 0 radical (unpaired) electrons. The average Bonchev–Trinajstić information content (AvgIpc) is 3.35. The smallest absolute Gasteiger partial charge is 0.202 e. The lowest BCUT2D eigenvalue weighted by atomic mass is 9.80. The Morgan fingerprint density at radius 3 is 2.59 bits per heavy atom. The lowest BCUT2D eigenvalue weighted by Gasteiger charge is -2.35. The summed E-state index contributed by atoms with van der Waals surface area (Å²) in [5.41, 5.74) is 1.13. The van der Waals surface area contributed by atoms with E-state index in [9.17, 15) is 4.39 Å². The molecular weight excluding hydrogens is 339 g/mol. The summed E-state index contributed by atoms with van der Waals surface area (Å²) in [5, 5.41) is 0. The molecule has 1 aromatic rings. The maximum Gasteiger partial charge on any atom is 0.202 e. The lowest BCUT2D eigenvalue weighted by molar-refractivity contribution is -0.163. The highest BCUT2D eigenvalue weighted by Crippen LogP contribution is 2.59. The van der Waals surface area contributed by atoms with Gasteiger partial charge >= 0.3 is 0 Å². The van der Waals surface area contributed by atoms with Gasteiger partial charge in [0.15, 0.2) is 11.6 Å². The van der Waals surface area contributed by atoms with E-state index in [0.29, 0.717) is 23.7 Å². The Labute approximate surface area is 163 Å². The van der Waals surface area contributed by atoms with E-state index in [1.165, 1.54) is 38.2 Å². The van der Waals surface area contributed by atoms with Crippen molar-refractivity contribution < 1.29 is 13.9 Å². The lowest BCUT2D eigenvalue weighted by Crippen LogP contribution is -2.37. The molecule has 0 heterocycles. The quantitative estimate of drug-likeness (QED) is 0.504. The summed E-state index contributed by atoms with van der Waals surface area (Å²) in [4.78, 5) is 0. The van der Waals surface area contributed by atoms with E-state index >= 15 is 0 Å². The SMILES string of the molecule is CCC(C)c1ccc(F)c(OC(OC2CC3CC2C2CCCC32)C(C)C)c1. The molecule has 2 bridgehead atoms. The molecule has 3 heteroatoms. The summed E-state index contributed by atoms with van der Waals surface area (Å²) in [6.45, 7) is 8.53. The van der Waals surface area contributed by atoms with E-state index < -0.39 is 0 Å². The zero-order valence-corrected chi connectivity index (χ0v) is 17.3. The Morgan fingerprint density at radius 2 is 1.85 bits per heavy atom. The Morgan fingerprint density at radius 1 is 1.07 bits per heavy atom. The van der Waals surface area contributed by atoms with Gasteiger partial charge in [0.05, 0.1) is 6.10 Å². The van der Waals surface area contributed by atoms with Crippen LogP contribution >= 0.6 is 0 Å². The van der Waals surface area contributed by atoms with Gasteiger partial charge in [0.2, 0.25) is 6.29 Å². The first-order valence-electron chi connectivity index (χ1n) is 11.1. The Balaban J connectivity index is 1.46. The minimum absolute atomic E-state index is 0.190. The van der Waals surface area contributed by atoms with Gasteiger partial charge in [-0.05, 0) is 79.4 Å². The Hall–Kier alpha value is -1.09. The largest absolute Gasteiger partial charge is 0.462 e. The fourth-order valence-electron chi connectivity index (χ4n) is 5.93. The third kappa shape index (κ3) is 3.64. The molecule has 0 amide bonds. The second-order valence-corrected chi connectivity index (χ2v) is 9.56. The topological polar surface area (TPSA) is 18.5 Å². The first-order valence-corrected chi connectivity index (χ1v) is 11.1. The predicted molar refractivity (Wildman–Crippen MR) is 106 cm³/mol. The molecule has 3 aliphatic rings. The molecule has 0 saturated heterocycles. The maximum atomic E-state index is 14.4. The van der Waals surface area contributed by atoms with Gasteiger partial charge in [0, 0.05) is 5.92 Å². The van der Waals surface area contributed by atoms with Gasteiger partial charge in [-0.3, -0.25) is 0 Å². The second-order valence-electron chi connectivity index (χ2n) is 9.56. The van der Waals surface area contributed by atoms with Gasteiger partial charge in [0.25, 0.3) is 0 Å². The summed E-state index contributed by atoms with van der Waals surface area (Å²) in [7, 11) is 0. The summed E-state index contributed by atoms with van der Waals surface area (Å²) in [5.74, 6) is 4.01. The molecule has 2 nitrogen and oxygen atoms in total. The van der Waals surface area contributed by atoms with E-state index in [-0.39, 0.29) is 18.0 Å². The van der Waals surface area contributed by atoms with Gasteiger partial charge in [-0.15, -0.1) is 0 Å². The number of fused-ring (bicyclic) bond motifs is 5. The van der Waals surface area contributed by atoms with Crippen LogP contribution in [-0.4, -0.2) is 12.4 Å².